The number of piperidine rings is 1. The van der Waals surface area contributed by atoms with Crippen molar-refractivity contribution in [2.24, 2.45) is 0 Å². The molecule has 1 fully saturated rings. The van der Waals surface area contributed by atoms with E-state index >= 15 is 0 Å². The number of nitrogens with one attached hydrogen (secondary N) is 2. The molecule has 2 N–H and O–H groups in total. The van der Waals surface area contributed by atoms with Gasteiger partial charge in [-0.3, -0.25) is 9.78 Å². The molecule has 0 unspecified atom stereocenters. The minimum atomic E-state index is -4.17. The van der Waals surface area contributed by atoms with Crippen LogP contribution in [0.3, 0.4) is 0 Å². The molecule has 2 heterocycles. The number of carbonyl (C=O) groups is 1. The van der Waals surface area contributed by atoms with Gasteiger partial charge in [-0.15, -0.1) is 5.10 Å². The second-order valence-corrected chi connectivity index (χ2v) is 7.65. The molecule has 3 rings (SSSR count). The highest BCUT2D eigenvalue weighted by Gasteiger charge is 2.40. The maximum absolute atomic E-state index is 12.9. The van der Waals surface area contributed by atoms with E-state index in [1.54, 1.807) is 35.2 Å². The van der Waals surface area contributed by atoms with Crippen molar-refractivity contribution in [2.45, 2.75) is 29.7 Å². The van der Waals surface area contributed by atoms with E-state index in [4.69, 9.17) is 0 Å². The number of carbonyl (C=O) groups excluding carboxylic acids is 1. The topological polar surface area (TPSA) is 116 Å². The molecule has 1 atom stereocenters. The van der Waals surface area contributed by atoms with Crippen molar-refractivity contribution in [1.29, 1.82) is 0 Å². The zero-order chi connectivity index (χ0) is 17.2. The third-order valence-corrected chi connectivity index (χ3v) is 5.88. The van der Waals surface area contributed by atoms with Gasteiger partial charge in [0.25, 0.3) is 0 Å². The zero-order valence-corrected chi connectivity index (χ0v) is 13.8. The number of sulfone groups is 1. The minimum absolute atomic E-state index is 0.358. The predicted octanol–water partition coefficient (Wildman–Crippen LogP) is 0.625. The third-order valence-electron chi connectivity index (χ3n) is 4.05. The third kappa shape index (κ3) is 3.12. The lowest BCUT2D eigenvalue weighted by Crippen LogP contribution is -2.41. The Labute approximate surface area is 138 Å². The second kappa shape index (κ2) is 6.60. The van der Waals surface area contributed by atoms with E-state index in [-0.39, 0.29) is 0 Å². The van der Waals surface area contributed by atoms with Crippen LogP contribution in [0.4, 0.5) is 0 Å². The Kier molecular flexibility index (Phi) is 4.52. The van der Waals surface area contributed by atoms with E-state index < -0.39 is 31.8 Å². The molecule has 128 valence electrons. The van der Waals surface area contributed by atoms with Crippen molar-refractivity contribution in [1.82, 2.24) is 20.1 Å². The van der Waals surface area contributed by atoms with Crippen LogP contribution in [0.15, 0.2) is 40.3 Å². The molecule has 1 saturated heterocycles. The van der Waals surface area contributed by atoms with Gasteiger partial charge in [-0.25, -0.2) is 18.3 Å². The molecule has 24 heavy (non-hydrogen) atoms. The normalized spacial score (nSPS) is 16.8. The smallest absolute Gasteiger partial charge is 0.341 e. The minimum Gasteiger partial charge on any atom is -0.341 e. The van der Waals surface area contributed by atoms with Gasteiger partial charge in [-0.1, -0.05) is 30.3 Å². The predicted molar refractivity (Wildman–Crippen MR) is 86.0 cm³/mol. The van der Waals surface area contributed by atoms with Crippen LogP contribution in [0.5, 0.6) is 0 Å². The standard InChI is InChI=1S/C15H18N4O4S/c20-13(19-9-5-2-6-10-19)12(11-7-3-1-4-8-11)24(22,23)15-16-14(21)17-18-15/h1,3-4,7-8,12H,2,5-6,9-10H2,(H2,16,17,18,21)/t12-/m0/s1. The maximum atomic E-state index is 12.9. The summed E-state index contributed by atoms with van der Waals surface area (Å²) in [6.45, 7) is 1.07. The molecule has 8 nitrogen and oxygen atoms in total. The number of rotatable bonds is 4. The van der Waals surface area contributed by atoms with Gasteiger partial charge in [0.15, 0.2) is 5.25 Å². The van der Waals surface area contributed by atoms with Crippen LogP contribution in [0, 0.1) is 0 Å². The summed E-state index contributed by atoms with van der Waals surface area (Å²) >= 11 is 0. The molecule has 1 aromatic carbocycles. The lowest BCUT2D eigenvalue weighted by Gasteiger charge is -2.30. The monoisotopic (exact) mass is 350 g/mol. The average molecular weight is 350 g/mol. The average Bonchev–Trinajstić information content (AvgIpc) is 3.04. The number of aromatic amines is 2. The summed E-state index contributed by atoms with van der Waals surface area (Å²) in [6, 6.07) is 8.28. The first-order chi connectivity index (χ1) is 11.5. The molecule has 0 saturated carbocycles. The number of aromatic nitrogens is 3. The van der Waals surface area contributed by atoms with E-state index in [2.05, 4.69) is 10.1 Å². The van der Waals surface area contributed by atoms with Gasteiger partial charge in [0, 0.05) is 13.1 Å². The summed E-state index contributed by atoms with van der Waals surface area (Å²) in [6.07, 6.45) is 2.73. The highest BCUT2D eigenvalue weighted by atomic mass is 32.2. The summed E-state index contributed by atoms with van der Waals surface area (Å²) in [4.78, 5) is 27.9. The number of hydrogen-bond acceptors (Lipinski definition) is 5. The summed E-state index contributed by atoms with van der Waals surface area (Å²) < 4.78 is 25.9. The molecule has 0 bridgehead atoms. The van der Waals surface area contributed by atoms with E-state index in [1.807, 2.05) is 5.10 Å². The number of likely N-dealkylation sites (tertiary alicyclic amines) is 1. The summed E-state index contributed by atoms with van der Waals surface area (Å²) in [5, 5.41) is 3.60. The molecular weight excluding hydrogens is 332 g/mol. The van der Waals surface area contributed by atoms with Crippen molar-refractivity contribution in [3.8, 4) is 0 Å². The van der Waals surface area contributed by atoms with E-state index in [0.717, 1.165) is 19.3 Å². The van der Waals surface area contributed by atoms with Crippen molar-refractivity contribution < 1.29 is 13.2 Å². The highest BCUT2D eigenvalue weighted by molar-refractivity contribution is 7.92. The van der Waals surface area contributed by atoms with Gasteiger partial charge < -0.3 is 4.90 Å². The first-order valence-electron chi connectivity index (χ1n) is 7.72. The summed E-state index contributed by atoms with van der Waals surface area (Å²) in [5.74, 6) is -0.482. The van der Waals surface area contributed by atoms with Crippen LogP contribution in [0.2, 0.25) is 0 Å². The number of nitrogens with zero attached hydrogens (tertiary/aromatic N) is 2. The van der Waals surface area contributed by atoms with Gasteiger partial charge in [0.05, 0.1) is 0 Å². The Morgan fingerprint density at radius 3 is 2.38 bits per heavy atom. The van der Waals surface area contributed by atoms with Gasteiger partial charge in [0.2, 0.25) is 20.9 Å². The molecule has 2 aromatic rings. The molecule has 1 aliphatic heterocycles. The zero-order valence-electron chi connectivity index (χ0n) is 12.9. The van der Waals surface area contributed by atoms with Gasteiger partial charge in [-0.2, -0.15) is 0 Å². The lowest BCUT2D eigenvalue weighted by molar-refractivity contribution is -0.131. The van der Waals surface area contributed by atoms with Crippen molar-refractivity contribution in [3.63, 3.8) is 0 Å². The summed E-state index contributed by atoms with van der Waals surface area (Å²) in [5.41, 5.74) is -0.372. The van der Waals surface area contributed by atoms with Crippen LogP contribution in [0.1, 0.15) is 30.1 Å². The number of H-pyrrole nitrogens is 2. The highest BCUT2D eigenvalue weighted by Crippen LogP contribution is 2.29. The Bertz CT molecular complexity index is 866. The van der Waals surface area contributed by atoms with Crippen LogP contribution < -0.4 is 5.69 Å². The van der Waals surface area contributed by atoms with Crippen LogP contribution in [-0.2, 0) is 14.6 Å². The van der Waals surface area contributed by atoms with Crippen molar-refractivity contribution in [2.75, 3.05) is 13.1 Å². The molecular formula is C15H18N4O4S. The number of hydrogen-bond donors (Lipinski definition) is 2. The fourth-order valence-electron chi connectivity index (χ4n) is 2.86. The maximum Gasteiger partial charge on any atom is 0.341 e. The number of amides is 1. The van der Waals surface area contributed by atoms with E-state index in [0.29, 0.717) is 18.7 Å². The molecule has 1 amide bonds. The van der Waals surface area contributed by atoms with E-state index in [9.17, 15) is 18.0 Å². The van der Waals surface area contributed by atoms with Gasteiger partial charge >= 0.3 is 5.69 Å². The van der Waals surface area contributed by atoms with E-state index in [1.165, 1.54) is 0 Å². The summed E-state index contributed by atoms with van der Waals surface area (Å²) in [7, 11) is -4.17. The fourth-order valence-corrected chi connectivity index (χ4v) is 4.42. The fraction of sp³-hybridized carbons (Fsp3) is 0.400. The molecule has 1 aromatic heterocycles. The SMILES string of the molecule is O=C([C@H](c1ccccc1)S(=O)(=O)c1n[nH]c(=O)[nH]1)N1CCCCC1. The quantitative estimate of drug-likeness (QED) is 0.839. The molecule has 1 aliphatic rings. The van der Waals surface area contributed by atoms with Crippen LogP contribution >= 0.6 is 0 Å². The Hall–Kier alpha value is -2.42. The Morgan fingerprint density at radius 1 is 1.12 bits per heavy atom. The van der Waals surface area contributed by atoms with Gasteiger partial charge in [-0.05, 0) is 24.8 Å². The van der Waals surface area contributed by atoms with Crippen LogP contribution in [0.25, 0.3) is 0 Å². The molecule has 0 radical (unpaired) electrons. The van der Waals surface area contributed by atoms with Crippen molar-refractivity contribution in [3.05, 3.63) is 46.4 Å². The van der Waals surface area contributed by atoms with Gasteiger partial charge in [0.1, 0.15) is 0 Å². The lowest BCUT2D eigenvalue weighted by atomic mass is 10.1. The first-order valence-corrected chi connectivity index (χ1v) is 9.27. The Balaban J connectivity index is 2.05. The second-order valence-electron chi connectivity index (χ2n) is 5.70. The number of benzene rings is 1. The van der Waals surface area contributed by atoms with Crippen molar-refractivity contribution >= 4 is 15.7 Å². The molecule has 0 spiro atoms. The first kappa shape index (κ1) is 16.4. The largest absolute Gasteiger partial charge is 0.341 e. The van der Waals surface area contributed by atoms with Crippen LogP contribution in [-0.4, -0.2) is 47.5 Å². The Morgan fingerprint density at radius 2 is 1.79 bits per heavy atom. The molecule has 0 aliphatic carbocycles. The molecule has 9 heteroatoms.